The van der Waals surface area contributed by atoms with Crippen molar-refractivity contribution in [3.05, 3.63) is 60.0 Å². The molecule has 3 aromatic rings. The number of rotatable bonds is 6. The molecule has 22 heavy (non-hydrogen) atoms. The van der Waals surface area contributed by atoms with Gasteiger partial charge in [0.15, 0.2) is 11.5 Å². The fraction of sp³-hybridized carbons (Fsp3) is 0.294. The average Bonchev–Trinajstić information content (AvgIpc) is 2.98. The third-order valence-electron chi connectivity index (χ3n) is 3.60. The number of nitrogens with zero attached hydrogens (tertiary/aromatic N) is 3. The monoisotopic (exact) mass is 296 g/mol. The Kier molecular flexibility index (Phi) is 4.34. The number of hydrogen-bond donors (Lipinski definition) is 1. The molecule has 114 valence electrons. The highest BCUT2D eigenvalue weighted by Crippen LogP contribution is 2.19. The van der Waals surface area contributed by atoms with Gasteiger partial charge in [-0.3, -0.25) is 4.40 Å². The second kappa shape index (κ2) is 6.58. The molecule has 0 amide bonds. The largest absolute Gasteiger partial charge is 0.494 e. The van der Waals surface area contributed by atoms with Gasteiger partial charge in [-0.1, -0.05) is 24.3 Å². The van der Waals surface area contributed by atoms with E-state index in [1.807, 2.05) is 53.9 Å². The molecule has 1 N–H and O–H groups in total. The highest BCUT2D eigenvalue weighted by molar-refractivity contribution is 5.37. The molecule has 3 rings (SSSR count). The van der Waals surface area contributed by atoms with E-state index < -0.39 is 0 Å². The van der Waals surface area contributed by atoms with E-state index in [0.717, 1.165) is 29.3 Å². The summed E-state index contributed by atoms with van der Waals surface area (Å²) in [5, 5.41) is 12.0. The van der Waals surface area contributed by atoms with Crippen LogP contribution in [0.2, 0.25) is 0 Å². The molecular formula is C17H20N4O. The Labute approximate surface area is 130 Å². The smallest absolute Gasteiger partial charge is 0.160 e. The van der Waals surface area contributed by atoms with Crippen LogP contribution in [0.1, 0.15) is 31.3 Å². The third-order valence-corrected chi connectivity index (χ3v) is 3.60. The van der Waals surface area contributed by atoms with Crippen LogP contribution in [0.15, 0.2) is 48.7 Å². The summed E-state index contributed by atoms with van der Waals surface area (Å²) in [4.78, 5) is 0. The number of ether oxygens (including phenoxy) is 1. The molecule has 0 aliphatic rings. The van der Waals surface area contributed by atoms with E-state index in [1.54, 1.807) is 0 Å². The van der Waals surface area contributed by atoms with Gasteiger partial charge in [-0.05, 0) is 32.0 Å². The maximum Gasteiger partial charge on any atom is 0.160 e. The van der Waals surface area contributed by atoms with Crippen molar-refractivity contribution in [2.45, 2.75) is 26.4 Å². The maximum atomic E-state index is 5.66. The molecule has 0 spiro atoms. The predicted octanol–water partition coefficient (Wildman–Crippen LogP) is 2.98. The Bertz CT molecular complexity index is 753. The third kappa shape index (κ3) is 2.94. The summed E-state index contributed by atoms with van der Waals surface area (Å²) in [6, 6.07) is 14.1. The Balaban J connectivity index is 1.74. The quantitative estimate of drug-likeness (QED) is 0.760. The van der Waals surface area contributed by atoms with E-state index in [9.17, 15) is 0 Å². The van der Waals surface area contributed by atoms with Crippen molar-refractivity contribution in [3.63, 3.8) is 0 Å². The minimum Gasteiger partial charge on any atom is -0.494 e. The van der Waals surface area contributed by atoms with Gasteiger partial charge in [0.1, 0.15) is 5.75 Å². The summed E-state index contributed by atoms with van der Waals surface area (Å²) >= 11 is 0. The number of pyridine rings is 1. The van der Waals surface area contributed by atoms with Crippen LogP contribution < -0.4 is 10.1 Å². The summed E-state index contributed by atoms with van der Waals surface area (Å²) in [6.45, 7) is 5.47. The first-order valence-electron chi connectivity index (χ1n) is 7.53. The van der Waals surface area contributed by atoms with Crippen LogP contribution in [0.25, 0.3) is 5.65 Å². The summed E-state index contributed by atoms with van der Waals surface area (Å²) in [7, 11) is 0. The lowest BCUT2D eigenvalue weighted by atomic mass is 10.2. The van der Waals surface area contributed by atoms with Crippen LogP contribution in [0, 0.1) is 0 Å². The van der Waals surface area contributed by atoms with E-state index in [4.69, 9.17) is 4.74 Å². The Morgan fingerprint density at radius 1 is 1.14 bits per heavy atom. The Hall–Kier alpha value is -2.40. The van der Waals surface area contributed by atoms with Gasteiger partial charge in [-0.15, -0.1) is 10.2 Å². The van der Waals surface area contributed by atoms with Crippen LogP contribution in [-0.2, 0) is 6.54 Å². The highest BCUT2D eigenvalue weighted by Gasteiger charge is 2.13. The highest BCUT2D eigenvalue weighted by atomic mass is 16.5. The van der Waals surface area contributed by atoms with Gasteiger partial charge in [-0.25, -0.2) is 0 Å². The molecule has 5 nitrogen and oxygen atoms in total. The molecule has 1 aromatic carbocycles. The van der Waals surface area contributed by atoms with Gasteiger partial charge in [0.2, 0.25) is 0 Å². The molecule has 0 saturated carbocycles. The first kappa shape index (κ1) is 14.5. The second-order valence-corrected chi connectivity index (χ2v) is 5.13. The molecule has 1 unspecified atom stereocenters. The summed E-state index contributed by atoms with van der Waals surface area (Å²) in [6.07, 6.45) is 1.98. The molecule has 0 bridgehead atoms. The topological polar surface area (TPSA) is 51.5 Å². The maximum absolute atomic E-state index is 5.66. The van der Waals surface area contributed by atoms with Gasteiger partial charge >= 0.3 is 0 Å². The normalized spacial score (nSPS) is 12.5. The van der Waals surface area contributed by atoms with E-state index in [0.29, 0.717) is 6.61 Å². The number of para-hydroxylation sites is 1. The molecule has 1 atom stereocenters. The van der Waals surface area contributed by atoms with Crippen molar-refractivity contribution in [3.8, 4) is 5.75 Å². The lowest BCUT2D eigenvalue weighted by Gasteiger charge is -2.14. The standard InChI is InChI=1S/C17H20N4O/c1-3-22-15-9-5-4-8-14(15)12-18-13(2)17-20-19-16-10-6-7-11-21(16)17/h4-11,13,18H,3,12H2,1-2H3. The summed E-state index contributed by atoms with van der Waals surface area (Å²) in [5.41, 5.74) is 2.01. The fourth-order valence-corrected chi connectivity index (χ4v) is 2.46. The molecular weight excluding hydrogens is 276 g/mol. The lowest BCUT2D eigenvalue weighted by Crippen LogP contribution is -2.20. The molecule has 5 heteroatoms. The van der Waals surface area contributed by atoms with Crippen molar-refractivity contribution < 1.29 is 4.74 Å². The molecule has 2 heterocycles. The lowest BCUT2D eigenvalue weighted by molar-refractivity contribution is 0.334. The van der Waals surface area contributed by atoms with Gasteiger partial charge in [0, 0.05) is 18.3 Å². The summed E-state index contributed by atoms with van der Waals surface area (Å²) in [5.74, 6) is 1.83. The van der Waals surface area contributed by atoms with Crippen molar-refractivity contribution in [2.24, 2.45) is 0 Å². The predicted molar refractivity (Wildman–Crippen MR) is 85.9 cm³/mol. The minimum atomic E-state index is 0.0899. The van der Waals surface area contributed by atoms with E-state index in [1.165, 1.54) is 0 Å². The van der Waals surface area contributed by atoms with Crippen LogP contribution in [0.4, 0.5) is 0 Å². The first-order valence-corrected chi connectivity index (χ1v) is 7.53. The Morgan fingerprint density at radius 3 is 2.82 bits per heavy atom. The van der Waals surface area contributed by atoms with E-state index >= 15 is 0 Å². The number of aromatic nitrogens is 3. The zero-order chi connectivity index (χ0) is 15.4. The Morgan fingerprint density at radius 2 is 1.95 bits per heavy atom. The fourth-order valence-electron chi connectivity index (χ4n) is 2.46. The van der Waals surface area contributed by atoms with Crippen LogP contribution in [0.3, 0.4) is 0 Å². The number of nitrogens with one attached hydrogen (secondary N) is 1. The van der Waals surface area contributed by atoms with Crippen LogP contribution >= 0.6 is 0 Å². The molecule has 0 fully saturated rings. The number of hydrogen-bond acceptors (Lipinski definition) is 4. The van der Waals surface area contributed by atoms with Gasteiger partial charge in [0.05, 0.1) is 12.6 Å². The second-order valence-electron chi connectivity index (χ2n) is 5.13. The van der Waals surface area contributed by atoms with Gasteiger partial charge in [-0.2, -0.15) is 0 Å². The molecule has 0 radical (unpaired) electrons. The summed E-state index contributed by atoms with van der Waals surface area (Å²) < 4.78 is 7.66. The van der Waals surface area contributed by atoms with Crippen LogP contribution in [-0.4, -0.2) is 21.2 Å². The van der Waals surface area contributed by atoms with Crippen molar-refractivity contribution in [1.29, 1.82) is 0 Å². The van der Waals surface area contributed by atoms with Crippen molar-refractivity contribution >= 4 is 5.65 Å². The van der Waals surface area contributed by atoms with E-state index in [-0.39, 0.29) is 6.04 Å². The van der Waals surface area contributed by atoms with E-state index in [2.05, 4.69) is 28.5 Å². The first-order chi connectivity index (χ1) is 10.8. The zero-order valence-corrected chi connectivity index (χ0v) is 12.9. The minimum absolute atomic E-state index is 0.0899. The van der Waals surface area contributed by atoms with Crippen molar-refractivity contribution in [2.75, 3.05) is 6.61 Å². The van der Waals surface area contributed by atoms with Crippen LogP contribution in [0.5, 0.6) is 5.75 Å². The number of fused-ring (bicyclic) bond motifs is 1. The molecule has 0 aliphatic heterocycles. The van der Waals surface area contributed by atoms with Crippen molar-refractivity contribution in [1.82, 2.24) is 19.9 Å². The zero-order valence-electron chi connectivity index (χ0n) is 12.9. The average molecular weight is 296 g/mol. The van der Waals surface area contributed by atoms with Gasteiger partial charge < -0.3 is 10.1 Å². The molecule has 0 aliphatic carbocycles. The number of benzene rings is 1. The van der Waals surface area contributed by atoms with Gasteiger partial charge in [0.25, 0.3) is 0 Å². The SMILES string of the molecule is CCOc1ccccc1CNC(C)c1nnc2ccccn12. The molecule has 0 saturated heterocycles. The molecule has 2 aromatic heterocycles.